The molecule has 0 radical (unpaired) electrons. The van der Waals surface area contributed by atoms with Gasteiger partial charge in [-0.3, -0.25) is 0 Å². The Kier molecular flexibility index (Phi) is 2.15. The van der Waals surface area contributed by atoms with E-state index in [0.717, 1.165) is 26.1 Å². The number of nitrogens with zero attached hydrogens (tertiary/aromatic N) is 4. The van der Waals surface area contributed by atoms with Crippen LogP contribution in [0.4, 0.5) is 0 Å². The van der Waals surface area contributed by atoms with Crippen LogP contribution in [0.5, 0.6) is 0 Å². The van der Waals surface area contributed by atoms with E-state index in [1.165, 1.54) is 11.3 Å². The van der Waals surface area contributed by atoms with Gasteiger partial charge in [-0.2, -0.15) is 9.61 Å². The summed E-state index contributed by atoms with van der Waals surface area (Å²) < 4.78 is 1.66. The van der Waals surface area contributed by atoms with Crippen molar-refractivity contribution in [3.63, 3.8) is 0 Å². The molecule has 3 aromatic rings. The normalized spacial score (nSPS) is 11.1. The summed E-state index contributed by atoms with van der Waals surface area (Å²) >= 11 is 7.57. The number of hydrogen-bond donors (Lipinski definition) is 0. The molecule has 0 aliphatic rings. The minimum atomic E-state index is 0.753. The Balaban J connectivity index is 2.15. The molecule has 0 atom stereocenters. The highest BCUT2D eigenvalue weighted by atomic mass is 35.5. The molecular weight excluding hydrogens is 244 g/mol. The Hall–Kier alpha value is -1.46. The lowest BCUT2D eigenvalue weighted by molar-refractivity contribution is 0.960. The number of aromatic nitrogens is 4. The first-order valence-corrected chi connectivity index (χ1v) is 5.87. The molecule has 0 aliphatic carbocycles. The quantitative estimate of drug-likeness (QED) is 0.667. The van der Waals surface area contributed by atoms with Crippen molar-refractivity contribution < 1.29 is 0 Å². The molecule has 0 unspecified atom stereocenters. The Labute approximate surface area is 101 Å². The fourth-order valence-corrected chi connectivity index (χ4v) is 2.40. The van der Waals surface area contributed by atoms with Crippen molar-refractivity contribution in [2.75, 3.05) is 0 Å². The van der Waals surface area contributed by atoms with Crippen LogP contribution in [0.25, 0.3) is 15.5 Å². The van der Waals surface area contributed by atoms with E-state index in [0.29, 0.717) is 0 Å². The second-order valence-electron chi connectivity index (χ2n) is 3.43. The Bertz CT molecular complexity index is 629. The number of halogens is 1. The summed E-state index contributed by atoms with van der Waals surface area (Å²) in [5, 5.41) is 13.7. The third kappa shape index (κ3) is 1.48. The summed E-state index contributed by atoms with van der Waals surface area (Å²) in [6, 6.07) is 5.91. The molecule has 2 aromatic heterocycles. The molecule has 80 valence electrons. The van der Waals surface area contributed by atoms with E-state index >= 15 is 0 Å². The summed E-state index contributed by atoms with van der Waals surface area (Å²) in [4.78, 5) is 0.784. The number of aryl methyl sites for hydroxylation is 1. The van der Waals surface area contributed by atoms with Crippen molar-refractivity contribution in [1.82, 2.24) is 19.8 Å². The largest absolute Gasteiger partial charge is 0.234 e. The maximum Gasteiger partial charge on any atom is 0.234 e. The van der Waals surface area contributed by atoms with Crippen molar-refractivity contribution in [3.8, 4) is 10.6 Å². The molecule has 6 heteroatoms. The zero-order valence-corrected chi connectivity index (χ0v) is 9.96. The van der Waals surface area contributed by atoms with E-state index in [4.69, 9.17) is 11.6 Å². The van der Waals surface area contributed by atoms with Gasteiger partial charge >= 0.3 is 0 Å². The average Bonchev–Trinajstić information content (AvgIpc) is 2.81. The van der Waals surface area contributed by atoms with Crippen LogP contribution in [-0.2, 0) is 0 Å². The molecule has 0 N–H and O–H groups in total. The van der Waals surface area contributed by atoms with Crippen LogP contribution in [0.15, 0.2) is 24.5 Å². The van der Waals surface area contributed by atoms with Gasteiger partial charge in [0.2, 0.25) is 4.96 Å². The molecule has 1 aromatic carbocycles. The van der Waals surface area contributed by atoms with Crippen LogP contribution >= 0.6 is 22.9 Å². The van der Waals surface area contributed by atoms with Crippen molar-refractivity contribution in [2.45, 2.75) is 6.92 Å². The Morgan fingerprint density at radius 2 is 2.25 bits per heavy atom. The van der Waals surface area contributed by atoms with Crippen LogP contribution in [0, 0.1) is 6.92 Å². The number of rotatable bonds is 1. The van der Waals surface area contributed by atoms with E-state index in [9.17, 15) is 0 Å². The second kappa shape index (κ2) is 3.54. The van der Waals surface area contributed by atoms with Crippen LogP contribution in [-0.4, -0.2) is 19.8 Å². The van der Waals surface area contributed by atoms with Gasteiger partial charge in [0.1, 0.15) is 11.3 Å². The van der Waals surface area contributed by atoms with Gasteiger partial charge in [0.25, 0.3) is 0 Å². The van der Waals surface area contributed by atoms with Gasteiger partial charge in [-0.05, 0) is 18.6 Å². The smallest absolute Gasteiger partial charge is 0.190 e. The van der Waals surface area contributed by atoms with Gasteiger partial charge in [0, 0.05) is 10.6 Å². The first-order valence-electron chi connectivity index (χ1n) is 4.67. The van der Waals surface area contributed by atoms with Gasteiger partial charge in [-0.1, -0.05) is 35.1 Å². The maximum atomic E-state index is 6.08. The van der Waals surface area contributed by atoms with Crippen molar-refractivity contribution in [1.29, 1.82) is 0 Å². The summed E-state index contributed by atoms with van der Waals surface area (Å²) in [5.74, 6) is 0. The van der Waals surface area contributed by atoms with Gasteiger partial charge in [0.05, 0.1) is 0 Å². The summed E-state index contributed by atoms with van der Waals surface area (Å²) in [7, 11) is 0. The predicted molar refractivity (Wildman–Crippen MR) is 63.8 cm³/mol. The lowest BCUT2D eigenvalue weighted by Gasteiger charge is -1.99. The van der Waals surface area contributed by atoms with Gasteiger partial charge in [0.15, 0.2) is 0 Å². The van der Waals surface area contributed by atoms with Gasteiger partial charge in [-0.25, -0.2) is 0 Å². The first-order chi connectivity index (χ1) is 7.74. The number of hydrogen-bond acceptors (Lipinski definition) is 4. The summed E-state index contributed by atoms with van der Waals surface area (Å²) in [6.07, 6.45) is 1.59. The van der Waals surface area contributed by atoms with Gasteiger partial charge < -0.3 is 0 Å². The third-order valence-corrected chi connectivity index (χ3v) is 3.67. The Morgan fingerprint density at radius 3 is 3.00 bits per heavy atom. The van der Waals surface area contributed by atoms with Crippen LogP contribution in [0.2, 0.25) is 5.02 Å². The molecule has 0 spiro atoms. The van der Waals surface area contributed by atoms with Crippen molar-refractivity contribution in [3.05, 3.63) is 35.1 Å². The highest BCUT2D eigenvalue weighted by Crippen LogP contribution is 2.28. The van der Waals surface area contributed by atoms with E-state index < -0.39 is 0 Å². The zero-order valence-electron chi connectivity index (χ0n) is 8.38. The van der Waals surface area contributed by atoms with Crippen LogP contribution in [0.3, 0.4) is 0 Å². The highest BCUT2D eigenvalue weighted by Gasteiger charge is 2.08. The van der Waals surface area contributed by atoms with E-state index in [2.05, 4.69) is 15.3 Å². The molecule has 2 heterocycles. The topological polar surface area (TPSA) is 43.1 Å². The molecule has 0 amide bonds. The zero-order chi connectivity index (χ0) is 11.1. The third-order valence-electron chi connectivity index (χ3n) is 2.31. The molecule has 0 saturated carbocycles. The lowest BCUT2D eigenvalue weighted by Crippen LogP contribution is -1.83. The van der Waals surface area contributed by atoms with Gasteiger partial charge in [-0.15, -0.1) is 10.2 Å². The monoisotopic (exact) mass is 250 g/mol. The van der Waals surface area contributed by atoms with E-state index in [1.54, 1.807) is 10.8 Å². The molecule has 0 saturated heterocycles. The van der Waals surface area contributed by atoms with Crippen molar-refractivity contribution in [2.24, 2.45) is 0 Å². The second-order valence-corrected chi connectivity index (χ2v) is 4.79. The molecule has 0 aliphatic heterocycles. The summed E-state index contributed by atoms with van der Waals surface area (Å²) in [5.41, 5.74) is 2.07. The fourth-order valence-electron chi connectivity index (χ4n) is 1.40. The van der Waals surface area contributed by atoms with Crippen molar-refractivity contribution >= 4 is 27.9 Å². The Morgan fingerprint density at radius 1 is 1.38 bits per heavy atom. The molecular formula is C10H7ClN4S. The fraction of sp³-hybridized carbons (Fsp3) is 0.100. The van der Waals surface area contributed by atoms with Crippen LogP contribution < -0.4 is 0 Å². The van der Waals surface area contributed by atoms with E-state index in [1.807, 2.05) is 25.1 Å². The molecule has 4 nitrogen and oxygen atoms in total. The minimum Gasteiger partial charge on any atom is -0.190 e. The number of fused-ring (bicyclic) bond motifs is 1. The highest BCUT2D eigenvalue weighted by molar-refractivity contribution is 7.19. The predicted octanol–water partition coefficient (Wildman–Crippen LogP) is 2.81. The standard InChI is InChI=1S/C10H7ClN4S/c1-6-2-3-7(4-8(6)11)9-14-15-5-12-13-10(15)16-9/h2-5H,1H3. The molecule has 0 fully saturated rings. The lowest BCUT2D eigenvalue weighted by atomic mass is 10.2. The first kappa shape index (κ1) is 9.74. The minimum absolute atomic E-state index is 0.753. The maximum absolute atomic E-state index is 6.08. The van der Waals surface area contributed by atoms with E-state index in [-0.39, 0.29) is 0 Å². The van der Waals surface area contributed by atoms with Crippen LogP contribution in [0.1, 0.15) is 5.56 Å². The molecule has 16 heavy (non-hydrogen) atoms. The molecule has 0 bridgehead atoms. The SMILES string of the molecule is Cc1ccc(-c2nn3cnnc3s2)cc1Cl. The molecule has 3 rings (SSSR count). The average molecular weight is 251 g/mol. The number of benzene rings is 1. The summed E-state index contributed by atoms with van der Waals surface area (Å²) in [6.45, 7) is 1.98.